The molecule has 1 fully saturated rings. The number of carbonyl (C=O) groups is 2. The fourth-order valence-corrected chi connectivity index (χ4v) is 3.24. The Morgan fingerprint density at radius 1 is 1.48 bits per heavy atom. The Morgan fingerprint density at radius 2 is 2.19 bits per heavy atom. The number of hydrogen-bond acceptors (Lipinski definition) is 5. The first-order valence-corrected chi connectivity index (χ1v) is 8.20. The number of rotatable bonds is 7. The van der Waals surface area contributed by atoms with Crippen molar-refractivity contribution >= 4 is 28.2 Å². The van der Waals surface area contributed by atoms with Crippen molar-refractivity contribution in [3.05, 3.63) is 16.5 Å². The first-order chi connectivity index (χ1) is 10.1. The van der Waals surface area contributed by atoms with Crippen molar-refractivity contribution in [3.63, 3.8) is 0 Å². The molecule has 1 unspecified atom stereocenters. The molecule has 0 aromatic carbocycles. The normalized spacial score (nSPS) is 15.6. The Balaban J connectivity index is 2.18. The van der Waals surface area contributed by atoms with E-state index in [-0.39, 0.29) is 17.8 Å². The number of carbonyl (C=O) groups excluding carboxylic acids is 2. The molecule has 0 radical (unpaired) electrons. The maximum absolute atomic E-state index is 12.2. The van der Waals surface area contributed by atoms with E-state index in [0.29, 0.717) is 29.6 Å². The molecule has 21 heavy (non-hydrogen) atoms. The molecule has 1 saturated carbocycles. The van der Waals surface area contributed by atoms with Crippen molar-refractivity contribution in [2.24, 2.45) is 5.92 Å². The van der Waals surface area contributed by atoms with Crippen molar-refractivity contribution < 1.29 is 14.3 Å². The van der Waals surface area contributed by atoms with Gasteiger partial charge in [-0.15, -0.1) is 11.3 Å². The van der Waals surface area contributed by atoms with E-state index < -0.39 is 0 Å². The van der Waals surface area contributed by atoms with Crippen LogP contribution < -0.4 is 10.6 Å². The molecule has 2 rings (SSSR count). The number of anilines is 1. The van der Waals surface area contributed by atoms with Crippen molar-refractivity contribution in [2.75, 3.05) is 25.5 Å². The van der Waals surface area contributed by atoms with Gasteiger partial charge in [-0.05, 0) is 43.7 Å². The second-order valence-electron chi connectivity index (χ2n) is 5.34. The summed E-state index contributed by atoms with van der Waals surface area (Å²) in [7, 11) is 1.81. The maximum atomic E-state index is 12.2. The molecule has 1 atom stereocenters. The molecular formula is C15H22N2O3S. The SMILES string of the molecule is CCOC(=O)c1c(C2CC2)csc1NC(=O)C(C)CNC. The topological polar surface area (TPSA) is 67.4 Å². The van der Waals surface area contributed by atoms with Crippen molar-refractivity contribution in [3.8, 4) is 0 Å². The first kappa shape index (κ1) is 16.0. The molecule has 1 amide bonds. The van der Waals surface area contributed by atoms with E-state index in [4.69, 9.17) is 4.74 Å². The van der Waals surface area contributed by atoms with E-state index in [2.05, 4.69) is 10.6 Å². The monoisotopic (exact) mass is 310 g/mol. The minimum absolute atomic E-state index is 0.0842. The molecule has 0 spiro atoms. The average molecular weight is 310 g/mol. The van der Waals surface area contributed by atoms with E-state index >= 15 is 0 Å². The van der Waals surface area contributed by atoms with Crippen molar-refractivity contribution in [1.29, 1.82) is 0 Å². The summed E-state index contributed by atoms with van der Waals surface area (Å²) in [5, 5.41) is 8.44. The Morgan fingerprint density at radius 3 is 2.76 bits per heavy atom. The summed E-state index contributed by atoms with van der Waals surface area (Å²) in [4.78, 5) is 24.3. The first-order valence-electron chi connectivity index (χ1n) is 7.32. The van der Waals surface area contributed by atoms with Crippen LogP contribution in [0.15, 0.2) is 5.38 Å². The van der Waals surface area contributed by atoms with Gasteiger partial charge >= 0.3 is 5.97 Å². The predicted molar refractivity (Wildman–Crippen MR) is 84.0 cm³/mol. The lowest BCUT2D eigenvalue weighted by Crippen LogP contribution is -2.29. The highest BCUT2D eigenvalue weighted by molar-refractivity contribution is 7.15. The lowest BCUT2D eigenvalue weighted by Gasteiger charge is -2.12. The molecule has 1 aromatic heterocycles. The number of esters is 1. The molecule has 0 aliphatic heterocycles. The van der Waals surface area contributed by atoms with E-state index in [0.717, 1.165) is 18.4 Å². The molecule has 0 bridgehead atoms. The Kier molecular flexibility index (Phi) is 5.36. The van der Waals surface area contributed by atoms with E-state index in [1.54, 1.807) is 6.92 Å². The van der Waals surface area contributed by atoms with Crippen LogP contribution in [-0.4, -0.2) is 32.1 Å². The van der Waals surface area contributed by atoms with Gasteiger partial charge in [0.05, 0.1) is 12.2 Å². The molecule has 1 heterocycles. The fourth-order valence-electron chi connectivity index (χ4n) is 2.21. The average Bonchev–Trinajstić information content (AvgIpc) is 3.20. The highest BCUT2D eigenvalue weighted by Gasteiger charge is 2.32. The molecule has 6 heteroatoms. The summed E-state index contributed by atoms with van der Waals surface area (Å²) in [6.45, 7) is 4.57. The van der Waals surface area contributed by atoms with Crippen LogP contribution in [0, 0.1) is 5.92 Å². The van der Waals surface area contributed by atoms with E-state index in [1.807, 2.05) is 19.4 Å². The second-order valence-corrected chi connectivity index (χ2v) is 6.22. The lowest BCUT2D eigenvalue weighted by atomic mass is 10.1. The minimum Gasteiger partial charge on any atom is -0.462 e. The molecule has 1 aromatic rings. The summed E-state index contributed by atoms with van der Waals surface area (Å²) in [5.74, 6) is -0.131. The van der Waals surface area contributed by atoms with Crippen LogP contribution in [0.5, 0.6) is 0 Å². The third-order valence-electron chi connectivity index (χ3n) is 3.51. The quantitative estimate of drug-likeness (QED) is 0.760. The molecule has 2 N–H and O–H groups in total. The van der Waals surface area contributed by atoms with Gasteiger partial charge in [-0.3, -0.25) is 4.79 Å². The number of ether oxygens (including phenoxy) is 1. The molecule has 0 saturated heterocycles. The van der Waals surface area contributed by atoms with Crippen LogP contribution in [0.2, 0.25) is 0 Å². The van der Waals surface area contributed by atoms with Crippen LogP contribution in [0.25, 0.3) is 0 Å². The zero-order chi connectivity index (χ0) is 15.4. The zero-order valence-electron chi connectivity index (χ0n) is 12.7. The third-order valence-corrected chi connectivity index (χ3v) is 4.42. The Hall–Kier alpha value is -1.40. The summed E-state index contributed by atoms with van der Waals surface area (Å²) < 4.78 is 5.14. The summed E-state index contributed by atoms with van der Waals surface area (Å²) in [6, 6.07) is 0. The fraction of sp³-hybridized carbons (Fsp3) is 0.600. The molecule has 5 nitrogen and oxygen atoms in total. The van der Waals surface area contributed by atoms with Gasteiger partial charge in [0.2, 0.25) is 5.91 Å². The van der Waals surface area contributed by atoms with Gasteiger partial charge in [-0.25, -0.2) is 4.79 Å². The molecule has 116 valence electrons. The Bertz CT molecular complexity index is 523. The van der Waals surface area contributed by atoms with E-state index in [9.17, 15) is 9.59 Å². The van der Waals surface area contributed by atoms with Crippen LogP contribution in [-0.2, 0) is 9.53 Å². The molecular weight excluding hydrogens is 288 g/mol. The third kappa shape index (κ3) is 3.83. The summed E-state index contributed by atoms with van der Waals surface area (Å²) >= 11 is 1.41. The summed E-state index contributed by atoms with van der Waals surface area (Å²) in [5.41, 5.74) is 1.57. The second kappa shape index (κ2) is 7.04. The van der Waals surface area contributed by atoms with E-state index in [1.165, 1.54) is 11.3 Å². The van der Waals surface area contributed by atoms with Crippen LogP contribution in [0.4, 0.5) is 5.00 Å². The van der Waals surface area contributed by atoms with Gasteiger partial charge in [0.1, 0.15) is 5.00 Å². The number of nitrogens with one attached hydrogen (secondary N) is 2. The molecule has 1 aliphatic rings. The standard InChI is InChI=1S/C15H22N2O3S/c1-4-20-15(19)12-11(10-5-6-10)8-21-14(12)17-13(18)9(2)7-16-3/h8-10,16H,4-7H2,1-3H3,(H,17,18). The van der Waals surface area contributed by atoms with Gasteiger partial charge in [0.15, 0.2) is 0 Å². The zero-order valence-corrected chi connectivity index (χ0v) is 13.5. The van der Waals surface area contributed by atoms with Crippen LogP contribution in [0.1, 0.15) is 48.5 Å². The predicted octanol–water partition coefficient (Wildman–Crippen LogP) is 2.60. The molecule has 1 aliphatic carbocycles. The summed E-state index contributed by atoms with van der Waals surface area (Å²) in [6.07, 6.45) is 2.21. The largest absolute Gasteiger partial charge is 0.462 e. The lowest BCUT2D eigenvalue weighted by molar-refractivity contribution is -0.119. The number of thiophene rings is 1. The highest BCUT2D eigenvalue weighted by Crippen LogP contribution is 2.46. The Labute approximate surface area is 129 Å². The number of hydrogen-bond donors (Lipinski definition) is 2. The van der Waals surface area contributed by atoms with Crippen LogP contribution in [0.3, 0.4) is 0 Å². The van der Waals surface area contributed by atoms with Gasteiger partial charge < -0.3 is 15.4 Å². The van der Waals surface area contributed by atoms with Gasteiger partial charge in [-0.2, -0.15) is 0 Å². The van der Waals surface area contributed by atoms with Gasteiger partial charge in [0.25, 0.3) is 0 Å². The minimum atomic E-state index is -0.336. The van der Waals surface area contributed by atoms with Gasteiger partial charge in [-0.1, -0.05) is 6.92 Å². The highest BCUT2D eigenvalue weighted by atomic mass is 32.1. The smallest absolute Gasteiger partial charge is 0.341 e. The van der Waals surface area contributed by atoms with Crippen molar-refractivity contribution in [1.82, 2.24) is 5.32 Å². The maximum Gasteiger partial charge on any atom is 0.341 e. The van der Waals surface area contributed by atoms with Gasteiger partial charge in [0, 0.05) is 12.5 Å². The van der Waals surface area contributed by atoms with Crippen LogP contribution >= 0.6 is 11.3 Å². The van der Waals surface area contributed by atoms with Crippen molar-refractivity contribution in [2.45, 2.75) is 32.6 Å². The number of amides is 1.